The fraction of sp³-hybridized carbons (Fsp3) is 0.217. The summed E-state index contributed by atoms with van der Waals surface area (Å²) in [5.74, 6) is 1.41. The molecule has 0 fully saturated rings. The van der Waals surface area contributed by atoms with Crippen LogP contribution in [0.1, 0.15) is 23.8 Å². The van der Waals surface area contributed by atoms with Crippen LogP contribution in [-0.2, 0) is 4.79 Å². The van der Waals surface area contributed by atoms with Gasteiger partial charge < -0.3 is 9.84 Å². The molecule has 0 aliphatic heterocycles. The van der Waals surface area contributed by atoms with E-state index in [1.54, 1.807) is 13.0 Å². The summed E-state index contributed by atoms with van der Waals surface area (Å²) in [5, 5.41) is 16.2. The lowest BCUT2D eigenvalue weighted by molar-refractivity contribution is -0.115. The summed E-state index contributed by atoms with van der Waals surface area (Å²) in [5.41, 5.74) is 3.87. The Hall–Kier alpha value is -3.10. The molecule has 1 atom stereocenters. The first-order valence-corrected chi connectivity index (χ1v) is 11.3. The van der Waals surface area contributed by atoms with Crippen molar-refractivity contribution in [1.82, 2.24) is 19.9 Å². The maximum atomic E-state index is 12.7. The van der Waals surface area contributed by atoms with E-state index in [1.807, 2.05) is 49.6 Å². The normalized spacial score (nSPS) is 12.0. The molecule has 2 aromatic carbocycles. The van der Waals surface area contributed by atoms with Gasteiger partial charge >= 0.3 is 0 Å². The van der Waals surface area contributed by atoms with Gasteiger partial charge in [0.2, 0.25) is 5.91 Å². The van der Waals surface area contributed by atoms with Gasteiger partial charge in [-0.05, 0) is 57.0 Å². The zero-order valence-corrected chi connectivity index (χ0v) is 19.7. The van der Waals surface area contributed by atoms with Gasteiger partial charge in [-0.1, -0.05) is 52.8 Å². The van der Waals surface area contributed by atoms with Crippen molar-refractivity contribution in [3.8, 4) is 17.1 Å². The Morgan fingerprint density at radius 1 is 1.12 bits per heavy atom. The second kappa shape index (κ2) is 9.18. The molecular formula is C23H22ClN5O2S. The first-order valence-electron chi connectivity index (χ1n) is 10.0. The number of aromatic nitrogens is 4. The summed E-state index contributed by atoms with van der Waals surface area (Å²) in [6.45, 7) is 7.64. The third-order valence-electron chi connectivity index (χ3n) is 4.88. The molecule has 7 nitrogen and oxygen atoms in total. The lowest BCUT2D eigenvalue weighted by Gasteiger charge is -2.16. The second-order valence-corrected chi connectivity index (χ2v) is 9.20. The summed E-state index contributed by atoms with van der Waals surface area (Å²) in [4.78, 5) is 12.7. The summed E-state index contributed by atoms with van der Waals surface area (Å²) >= 11 is 7.79. The van der Waals surface area contributed by atoms with Crippen molar-refractivity contribution in [1.29, 1.82) is 0 Å². The minimum absolute atomic E-state index is 0.210. The van der Waals surface area contributed by atoms with Crippen LogP contribution in [0.15, 0.2) is 58.2 Å². The molecule has 0 radical (unpaired) electrons. The minimum atomic E-state index is -0.459. The molecule has 0 bridgehead atoms. The number of halogens is 1. The monoisotopic (exact) mass is 467 g/mol. The maximum absolute atomic E-state index is 12.7. The Kier molecular flexibility index (Phi) is 6.34. The number of aryl methyl sites for hydroxylation is 3. The highest BCUT2D eigenvalue weighted by molar-refractivity contribution is 8.00. The quantitative estimate of drug-likeness (QED) is 0.370. The first kappa shape index (κ1) is 22.1. The van der Waals surface area contributed by atoms with Crippen LogP contribution in [0.3, 0.4) is 0 Å². The fourth-order valence-electron chi connectivity index (χ4n) is 3.21. The zero-order chi connectivity index (χ0) is 22.8. The van der Waals surface area contributed by atoms with Crippen LogP contribution in [-0.4, -0.2) is 31.1 Å². The van der Waals surface area contributed by atoms with E-state index >= 15 is 0 Å². The van der Waals surface area contributed by atoms with Gasteiger partial charge in [0, 0.05) is 11.6 Å². The molecule has 0 aliphatic rings. The second-order valence-electron chi connectivity index (χ2n) is 7.48. The van der Waals surface area contributed by atoms with Gasteiger partial charge in [0.1, 0.15) is 5.76 Å². The molecule has 4 aromatic rings. The smallest absolute Gasteiger partial charge is 0.238 e. The van der Waals surface area contributed by atoms with Gasteiger partial charge in [-0.3, -0.25) is 9.36 Å². The average molecular weight is 468 g/mol. The van der Waals surface area contributed by atoms with Gasteiger partial charge in [0.15, 0.2) is 16.8 Å². The number of anilines is 1. The number of amides is 1. The van der Waals surface area contributed by atoms with Crippen molar-refractivity contribution in [2.45, 2.75) is 38.1 Å². The van der Waals surface area contributed by atoms with E-state index in [4.69, 9.17) is 16.1 Å². The lowest BCUT2D eigenvalue weighted by atomic mass is 10.1. The fourth-order valence-corrected chi connectivity index (χ4v) is 4.29. The van der Waals surface area contributed by atoms with E-state index in [0.29, 0.717) is 27.6 Å². The van der Waals surface area contributed by atoms with Gasteiger partial charge in [0.05, 0.1) is 16.0 Å². The zero-order valence-electron chi connectivity index (χ0n) is 18.1. The predicted octanol–water partition coefficient (Wildman–Crippen LogP) is 5.62. The Morgan fingerprint density at radius 2 is 1.91 bits per heavy atom. The third kappa shape index (κ3) is 4.56. The molecule has 0 saturated heterocycles. The summed E-state index contributed by atoms with van der Waals surface area (Å²) < 4.78 is 6.97. The number of benzene rings is 2. The molecule has 2 aromatic heterocycles. The number of hydrogen-bond donors (Lipinski definition) is 1. The first-order chi connectivity index (χ1) is 15.3. The van der Waals surface area contributed by atoms with E-state index in [1.165, 1.54) is 11.8 Å². The SMILES string of the molecule is Cc1ccc(C)c(-n2c(SC(C)C(=O)Nc3cc(C)on3)nnc2-c2ccccc2Cl)c1. The molecule has 0 aliphatic carbocycles. The van der Waals surface area contributed by atoms with Crippen LogP contribution in [0, 0.1) is 20.8 Å². The Bertz CT molecular complexity index is 1280. The Balaban J connectivity index is 1.73. The third-order valence-corrected chi connectivity index (χ3v) is 6.26. The largest absolute Gasteiger partial charge is 0.360 e. The molecule has 1 amide bonds. The molecule has 0 saturated carbocycles. The average Bonchev–Trinajstić information content (AvgIpc) is 3.36. The number of carbonyl (C=O) groups is 1. The van der Waals surface area contributed by atoms with Crippen molar-refractivity contribution in [2.24, 2.45) is 0 Å². The topological polar surface area (TPSA) is 85.8 Å². The lowest BCUT2D eigenvalue weighted by Crippen LogP contribution is -2.23. The van der Waals surface area contributed by atoms with Gasteiger partial charge in [-0.15, -0.1) is 10.2 Å². The van der Waals surface area contributed by atoms with E-state index in [2.05, 4.69) is 38.9 Å². The molecule has 1 N–H and O–H groups in total. The van der Waals surface area contributed by atoms with E-state index in [0.717, 1.165) is 22.4 Å². The number of rotatable bonds is 6. The van der Waals surface area contributed by atoms with E-state index < -0.39 is 5.25 Å². The molecule has 32 heavy (non-hydrogen) atoms. The Morgan fingerprint density at radius 3 is 2.62 bits per heavy atom. The molecular weight excluding hydrogens is 446 g/mol. The molecule has 2 heterocycles. The Labute approximate surface area is 195 Å². The summed E-state index contributed by atoms with van der Waals surface area (Å²) in [7, 11) is 0. The highest BCUT2D eigenvalue weighted by atomic mass is 35.5. The van der Waals surface area contributed by atoms with Crippen molar-refractivity contribution in [2.75, 3.05) is 5.32 Å². The van der Waals surface area contributed by atoms with Crippen molar-refractivity contribution in [3.05, 3.63) is 70.4 Å². The van der Waals surface area contributed by atoms with Gasteiger partial charge in [-0.25, -0.2) is 0 Å². The number of nitrogens with zero attached hydrogens (tertiary/aromatic N) is 4. The van der Waals surface area contributed by atoms with Crippen LogP contribution >= 0.6 is 23.4 Å². The number of thioether (sulfide) groups is 1. The maximum Gasteiger partial charge on any atom is 0.238 e. The predicted molar refractivity (Wildman–Crippen MR) is 126 cm³/mol. The van der Waals surface area contributed by atoms with E-state index in [9.17, 15) is 4.79 Å². The van der Waals surface area contributed by atoms with Gasteiger partial charge in [0.25, 0.3) is 0 Å². The van der Waals surface area contributed by atoms with Gasteiger partial charge in [-0.2, -0.15) is 0 Å². The van der Waals surface area contributed by atoms with Crippen LogP contribution in [0.2, 0.25) is 5.02 Å². The van der Waals surface area contributed by atoms with Crippen LogP contribution < -0.4 is 5.32 Å². The molecule has 164 valence electrons. The molecule has 0 spiro atoms. The summed E-state index contributed by atoms with van der Waals surface area (Å²) in [6, 6.07) is 15.4. The van der Waals surface area contributed by atoms with E-state index in [-0.39, 0.29) is 5.91 Å². The van der Waals surface area contributed by atoms with Crippen molar-refractivity contribution in [3.63, 3.8) is 0 Å². The van der Waals surface area contributed by atoms with Crippen LogP contribution in [0.5, 0.6) is 0 Å². The van der Waals surface area contributed by atoms with Crippen molar-refractivity contribution < 1.29 is 9.32 Å². The van der Waals surface area contributed by atoms with Crippen molar-refractivity contribution >= 4 is 35.1 Å². The number of nitrogens with one attached hydrogen (secondary N) is 1. The number of carbonyl (C=O) groups excluding carboxylic acids is 1. The highest BCUT2D eigenvalue weighted by Crippen LogP contribution is 2.34. The van der Waals surface area contributed by atoms with Crippen LogP contribution in [0.4, 0.5) is 5.82 Å². The molecule has 4 rings (SSSR count). The highest BCUT2D eigenvalue weighted by Gasteiger charge is 2.24. The van der Waals surface area contributed by atoms with Crippen LogP contribution in [0.25, 0.3) is 17.1 Å². The standard InChI is InChI=1S/C23H22ClN5O2S/c1-13-9-10-14(2)19(11-13)29-21(17-7-5-6-8-18(17)24)26-27-23(29)32-16(4)22(30)25-20-12-15(3)31-28-20/h5-12,16H,1-4H3,(H,25,28,30). The molecule has 9 heteroatoms. The molecule has 1 unspecified atom stereocenters. The summed E-state index contributed by atoms with van der Waals surface area (Å²) in [6.07, 6.45) is 0. The number of hydrogen-bond acceptors (Lipinski definition) is 6. The minimum Gasteiger partial charge on any atom is -0.360 e.